The molecule has 0 radical (unpaired) electrons. The highest BCUT2D eigenvalue weighted by molar-refractivity contribution is 7.26. The number of nitrogens with zero attached hydrogens (tertiary/aromatic N) is 1. The summed E-state index contributed by atoms with van der Waals surface area (Å²) in [5.41, 5.74) is 10.6. The van der Waals surface area contributed by atoms with Crippen molar-refractivity contribution in [3.05, 3.63) is 188 Å². The van der Waals surface area contributed by atoms with E-state index in [9.17, 15) is 0 Å². The zero-order valence-corrected chi connectivity index (χ0v) is 27.1. The van der Waals surface area contributed by atoms with Crippen LogP contribution in [-0.4, -0.2) is 0 Å². The van der Waals surface area contributed by atoms with Crippen molar-refractivity contribution in [2.75, 3.05) is 4.90 Å². The van der Waals surface area contributed by atoms with E-state index in [2.05, 4.69) is 193 Å². The smallest absolute Gasteiger partial charge is 0.0540 e. The predicted molar refractivity (Wildman–Crippen MR) is 208 cm³/mol. The highest BCUT2D eigenvalue weighted by Gasteiger charge is 2.20. The molecule has 0 aliphatic carbocycles. The summed E-state index contributed by atoms with van der Waals surface area (Å²) in [5.74, 6) is 0. The lowest BCUT2D eigenvalue weighted by atomic mass is 9.98. The van der Waals surface area contributed by atoms with Gasteiger partial charge in [-0.25, -0.2) is 0 Å². The first-order valence-corrected chi connectivity index (χ1v) is 17.2. The van der Waals surface area contributed by atoms with Gasteiger partial charge < -0.3 is 4.90 Å². The molecule has 2 heteroatoms. The van der Waals surface area contributed by atoms with Gasteiger partial charge in [0.25, 0.3) is 0 Å². The van der Waals surface area contributed by atoms with E-state index in [1.165, 1.54) is 64.3 Å². The van der Waals surface area contributed by atoms with Gasteiger partial charge in [0, 0.05) is 42.7 Å². The van der Waals surface area contributed by atoms with E-state index in [-0.39, 0.29) is 0 Å². The van der Waals surface area contributed by atoms with Crippen LogP contribution in [0.3, 0.4) is 0 Å². The Labute approximate surface area is 284 Å². The van der Waals surface area contributed by atoms with Crippen molar-refractivity contribution in [2.45, 2.75) is 0 Å². The summed E-state index contributed by atoms with van der Waals surface area (Å²) < 4.78 is 2.63. The molecule has 0 fully saturated rings. The molecule has 0 aliphatic heterocycles. The molecule has 1 aromatic heterocycles. The van der Waals surface area contributed by atoms with Gasteiger partial charge >= 0.3 is 0 Å². The van der Waals surface area contributed by atoms with Crippen molar-refractivity contribution >= 4 is 59.3 Å². The van der Waals surface area contributed by atoms with E-state index in [1.807, 2.05) is 11.3 Å². The third-order valence-corrected chi connectivity index (χ3v) is 10.5. The number of thiophene rings is 1. The van der Waals surface area contributed by atoms with Crippen molar-refractivity contribution in [1.29, 1.82) is 0 Å². The van der Waals surface area contributed by atoms with Crippen LogP contribution < -0.4 is 4.90 Å². The molecule has 0 aliphatic rings. The molecule has 0 saturated heterocycles. The second kappa shape index (κ2) is 12.0. The van der Waals surface area contributed by atoms with E-state index in [4.69, 9.17) is 0 Å². The van der Waals surface area contributed by atoms with Gasteiger partial charge in [0.15, 0.2) is 0 Å². The Morgan fingerprint density at radius 1 is 0.354 bits per heavy atom. The number of para-hydroxylation sites is 1. The molecule has 1 nitrogen and oxygen atoms in total. The molecule has 0 saturated carbocycles. The second-order valence-electron chi connectivity index (χ2n) is 12.2. The minimum atomic E-state index is 1.11. The highest BCUT2D eigenvalue weighted by Crippen LogP contribution is 2.46. The van der Waals surface area contributed by atoms with Crippen molar-refractivity contribution in [3.8, 4) is 33.4 Å². The average molecular weight is 630 g/mol. The van der Waals surface area contributed by atoms with Gasteiger partial charge in [-0.2, -0.15) is 0 Å². The summed E-state index contributed by atoms with van der Waals surface area (Å²) in [6, 6.07) is 68.2. The van der Waals surface area contributed by atoms with Crippen molar-refractivity contribution in [2.24, 2.45) is 0 Å². The minimum Gasteiger partial charge on any atom is -0.310 e. The largest absolute Gasteiger partial charge is 0.310 e. The molecule has 0 unspecified atom stereocenters. The highest BCUT2D eigenvalue weighted by atomic mass is 32.1. The van der Waals surface area contributed by atoms with E-state index >= 15 is 0 Å². The Kier molecular flexibility index (Phi) is 7.07. The fourth-order valence-electron chi connectivity index (χ4n) is 6.91. The Balaban J connectivity index is 1.23. The Morgan fingerprint density at radius 3 is 1.88 bits per heavy atom. The summed E-state index contributed by atoms with van der Waals surface area (Å²) in [5, 5.41) is 5.12. The lowest BCUT2D eigenvalue weighted by Gasteiger charge is -2.28. The van der Waals surface area contributed by atoms with E-state index < -0.39 is 0 Å². The number of anilines is 3. The number of hydrogen-bond acceptors (Lipinski definition) is 2. The minimum absolute atomic E-state index is 1.11. The standard InChI is InChI=1S/C46H31NS/c1-2-12-32(13-3-1)34-26-28-38(29-27-34)47(39-17-10-16-36(31-39)37-25-24-33-14-4-5-15-35(33)30-37)44-22-8-6-18-40(44)42-20-11-21-43-41-19-7-9-23-45(41)48-46(42)43/h1-31H. The summed E-state index contributed by atoms with van der Waals surface area (Å²) >= 11 is 1.88. The van der Waals surface area contributed by atoms with Crippen LogP contribution in [0, 0.1) is 0 Å². The quantitative estimate of drug-likeness (QED) is 0.177. The third kappa shape index (κ3) is 5.04. The van der Waals surface area contributed by atoms with Crippen LogP contribution >= 0.6 is 11.3 Å². The maximum atomic E-state index is 2.42. The van der Waals surface area contributed by atoms with Gasteiger partial charge in [0.1, 0.15) is 0 Å². The first-order valence-electron chi connectivity index (χ1n) is 16.3. The first-order chi connectivity index (χ1) is 23.8. The number of fused-ring (bicyclic) bond motifs is 4. The second-order valence-corrected chi connectivity index (χ2v) is 13.2. The van der Waals surface area contributed by atoms with Crippen LogP contribution in [0.2, 0.25) is 0 Å². The molecular weight excluding hydrogens is 599 g/mol. The van der Waals surface area contributed by atoms with E-state index in [0.29, 0.717) is 0 Å². The van der Waals surface area contributed by atoms with Crippen LogP contribution in [0.25, 0.3) is 64.3 Å². The third-order valence-electron chi connectivity index (χ3n) is 9.26. The lowest BCUT2D eigenvalue weighted by molar-refractivity contribution is 1.28. The fourth-order valence-corrected chi connectivity index (χ4v) is 8.14. The molecule has 9 aromatic rings. The van der Waals surface area contributed by atoms with Crippen LogP contribution in [0.15, 0.2) is 188 Å². The molecule has 48 heavy (non-hydrogen) atoms. The Hall–Kier alpha value is -5.96. The molecule has 0 N–H and O–H groups in total. The normalized spacial score (nSPS) is 11.3. The zero-order chi connectivity index (χ0) is 31.9. The first kappa shape index (κ1) is 28.3. The van der Waals surface area contributed by atoms with Crippen molar-refractivity contribution in [3.63, 3.8) is 0 Å². The molecule has 0 spiro atoms. The number of hydrogen-bond donors (Lipinski definition) is 0. The maximum absolute atomic E-state index is 2.42. The van der Waals surface area contributed by atoms with Crippen LogP contribution in [0.5, 0.6) is 0 Å². The number of benzene rings is 8. The molecule has 0 amide bonds. The summed E-state index contributed by atoms with van der Waals surface area (Å²) in [4.78, 5) is 2.42. The molecular formula is C46H31NS. The summed E-state index contributed by atoms with van der Waals surface area (Å²) in [7, 11) is 0. The van der Waals surface area contributed by atoms with Gasteiger partial charge in [-0.15, -0.1) is 11.3 Å². The van der Waals surface area contributed by atoms with E-state index in [1.54, 1.807) is 0 Å². The van der Waals surface area contributed by atoms with Crippen molar-refractivity contribution < 1.29 is 0 Å². The zero-order valence-electron chi connectivity index (χ0n) is 26.3. The van der Waals surface area contributed by atoms with Gasteiger partial charge in [-0.1, -0.05) is 146 Å². The van der Waals surface area contributed by atoms with Crippen LogP contribution in [0.1, 0.15) is 0 Å². The van der Waals surface area contributed by atoms with Gasteiger partial charge in [0.05, 0.1) is 5.69 Å². The SMILES string of the molecule is c1ccc(-c2ccc(N(c3cccc(-c4ccc5ccccc5c4)c3)c3ccccc3-c3cccc4c3sc3ccccc34)cc2)cc1. The number of rotatable bonds is 6. The molecule has 226 valence electrons. The van der Waals surface area contributed by atoms with Crippen LogP contribution in [-0.2, 0) is 0 Å². The van der Waals surface area contributed by atoms with Gasteiger partial charge in [-0.05, 0) is 75.5 Å². The van der Waals surface area contributed by atoms with Crippen molar-refractivity contribution in [1.82, 2.24) is 0 Å². The monoisotopic (exact) mass is 629 g/mol. The summed E-state index contributed by atoms with van der Waals surface area (Å²) in [6.07, 6.45) is 0. The van der Waals surface area contributed by atoms with Crippen LogP contribution in [0.4, 0.5) is 17.1 Å². The topological polar surface area (TPSA) is 3.24 Å². The molecule has 0 atom stereocenters. The molecule has 1 heterocycles. The average Bonchev–Trinajstić information content (AvgIpc) is 3.55. The Bertz CT molecular complexity index is 2560. The Morgan fingerprint density at radius 2 is 0.979 bits per heavy atom. The summed E-state index contributed by atoms with van der Waals surface area (Å²) in [6.45, 7) is 0. The predicted octanol–water partition coefficient (Wildman–Crippen LogP) is 13.7. The van der Waals surface area contributed by atoms with E-state index in [0.717, 1.165) is 17.1 Å². The maximum Gasteiger partial charge on any atom is 0.0540 e. The fraction of sp³-hybridized carbons (Fsp3) is 0. The molecule has 9 rings (SSSR count). The molecule has 0 bridgehead atoms. The molecule has 8 aromatic carbocycles. The van der Waals surface area contributed by atoms with Gasteiger partial charge in [-0.3, -0.25) is 0 Å². The van der Waals surface area contributed by atoms with Gasteiger partial charge in [0.2, 0.25) is 0 Å². The lowest BCUT2D eigenvalue weighted by Crippen LogP contribution is -2.11.